The number of nitrogens with one attached hydrogen (secondary N) is 2. The minimum Gasteiger partial charge on any atom is -0.272 e. The average Bonchev–Trinajstić information content (AvgIpc) is 3.10. The molecule has 0 bridgehead atoms. The van der Waals surface area contributed by atoms with E-state index < -0.39 is 0 Å². The smallest absolute Gasteiger partial charge is 0.272 e. The predicted octanol–water partition coefficient (Wildman–Crippen LogP) is 3.28. The van der Waals surface area contributed by atoms with E-state index in [2.05, 4.69) is 25.7 Å². The molecule has 6 nitrogen and oxygen atoms in total. The SMILES string of the molecule is C/C(=N/NC(=O)c1cc(-c2ccccc2Cl)n[nH]1)c1ccncc1. The number of amides is 1. The van der Waals surface area contributed by atoms with Gasteiger partial charge in [-0.15, -0.1) is 0 Å². The van der Waals surface area contributed by atoms with Crippen molar-refractivity contribution in [3.8, 4) is 11.3 Å². The van der Waals surface area contributed by atoms with E-state index in [-0.39, 0.29) is 5.91 Å². The topological polar surface area (TPSA) is 83.0 Å². The number of carbonyl (C=O) groups excluding carboxylic acids is 1. The van der Waals surface area contributed by atoms with Crippen LogP contribution < -0.4 is 5.43 Å². The molecule has 0 unspecified atom stereocenters. The third kappa shape index (κ3) is 3.49. The van der Waals surface area contributed by atoms with Crippen LogP contribution >= 0.6 is 11.6 Å². The van der Waals surface area contributed by atoms with Gasteiger partial charge in [-0.3, -0.25) is 14.9 Å². The van der Waals surface area contributed by atoms with Crippen molar-refractivity contribution in [2.75, 3.05) is 0 Å². The van der Waals surface area contributed by atoms with E-state index in [1.165, 1.54) is 0 Å². The zero-order chi connectivity index (χ0) is 16.9. The normalized spacial score (nSPS) is 11.3. The van der Waals surface area contributed by atoms with Crippen LogP contribution in [0.2, 0.25) is 5.02 Å². The molecular weight excluding hydrogens is 326 g/mol. The summed E-state index contributed by atoms with van der Waals surface area (Å²) in [5.41, 5.74) is 5.71. The highest BCUT2D eigenvalue weighted by atomic mass is 35.5. The lowest BCUT2D eigenvalue weighted by molar-refractivity contribution is 0.0950. The predicted molar refractivity (Wildman–Crippen MR) is 92.9 cm³/mol. The molecule has 0 fully saturated rings. The number of benzene rings is 1. The number of pyridine rings is 1. The molecule has 2 aromatic heterocycles. The van der Waals surface area contributed by atoms with Crippen LogP contribution in [0, 0.1) is 0 Å². The van der Waals surface area contributed by atoms with Crippen LogP contribution in [0.3, 0.4) is 0 Å². The summed E-state index contributed by atoms with van der Waals surface area (Å²) in [5, 5.41) is 11.5. The van der Waals surface area contributed by atoms with Crippen LogP contribution in [0.5, 0.6) is 0 Å². The molecule has 2 heterocycles. The number of rotatable bonds is 4. The second kappa shape index (κ2) is 7.06. The zero-order valence-electron chi connectivity index (χ0n) is 12.8. The van der Waals surface area contributed by atoms with Crippen LogP contribution in [0.1, 0.15) is 23.0 Å². The number of H-pyrrole nitrogens is 1. The Balaban J connectivity index is 1.74. The summed E-state index contributed by atoms with van der Waals surface area (Å²) in [7, 11) is 0. The number of carbonyl (C=O) groups is 1. The molecule has 120 valence electrons. The largest absolute Gasteiger partial charge is 0.289 e. The fourth-order valence-corrected chi connectivity index (χ4v) is 2.33. The Morgan fingerprint density at radius 2 is 1.96 bits per heavy atom. The Labute approximate surface area is 143 Å². The van der Waals surface area contributed by atoms with Gasteiger partial charge in [-0.25, -0.2) is 5.43 Å². The standard InChI is InChI=1S/C17H14ClN5O/c1-11(12-6-8-19-9-7-12)20-23-17(24)16-10-15(21-22-16)13-4-2-3-5-14(13)18/h2-10H,1H3,(H,21,22)(H,23,24)/b20-11-. The number of hydrazone groups is 1. The molecule has 0 atom stereocenters. The molecule has 0 aliphatic rings. The van der Waals surface area contributed by atoms with Crippen LogP contribution in [0.25, 0.3) is 11.3 Å². The summed E-state index contributed by atoms with van der Waals surface area (Å²) in [6, 6.07) is 12.6. The van der Waals surface area contributed by atoms with Gasteiger partial charge in [0.1, 0.15) is 5.69 Å². The van der Waals surface area contributed by atoms with E-state index in [1.54, 1.807) is 31.5 Å². The average molecular weight is 340 g/mol. The lowest BCUT2D eigenvalue weighted by atomic mass is 10.1. The van der Waals surface area contributed by atoms with Crippen molar-refractivity contribution in [3.05, 3.63) is 71.1 Å². The summed E-state index contributed by atoms with van der Waals surface area (Å²) in [4.78, 5) is 16.1. The molecule has 3 aromatic rings. The Morgan fingerprint density at radius 3 is 2.71 bits per heavy atom. The minimum atomic E-state index is -0.380. The maximum absolute atomic E-state index is 12.2. The Morgan fingerprint density at radius 1 is 1.21 bits per heavy atom. The summed E-state index contributed by atoms with van der Waals surface area (Å²) in [6.45, 7) is 1.80. The van der Waals surface area contributed by atoms with Gasteiger partial charge in [0, 0.05) is 23.5 Å². The molecule has 2 N–H and O–H groups in total. The third-order valence-electron chi connectivity index (χ3n) is 3.40. The van der Waals surface area contributed by atoms with Gasteiger partial charge in [0.2, 0.25) is 0 Å². The first kappa shape index (κ1) is 15.9. The highest BCUT2D eigenvalue weighted by Crippen LogP contribution is 2.26. The van der Waals surface area contributed by atoms with Gasteiger partial charge in [-0.2, -0.15) is 10.2 Å². The van der Waals surface area contributed by atoms with Crippen molar-refractivity contribution in [2.24, 2.45) is 5.10 Å². The van der Waals surface area contributed by atoms with Gasteiger partial charge in [-0.05, 0) is 31.2 Å². The maximum atomic E-state index is 12.2. The molecule has 0 saturated heterocycles. The van der Waals surface area contributed by atoms with Gasteiger partial charge >= 0.3 is 0 Å². The summed E-state index contributed by atoms with van der Waals surface area (Å²) in [6.07, 6.45) is 3.34. The highest BCUT2D eigenvalue weighted by Gasteiger charge is 2.12. The molecule has 0 aliphatic carbocycles. The fraction of sp³-hybridized carbons (Fsp3) is 0.0588. The third-order valence-corrected chi connectivity index (χ3v) is 3.73. The number of nitrogens with zero attached hydrogens (tertiary/aromatic N) is 3. The number of halogens is 1. The molecular formula is C17H14ClN5O. The van der Waals surface area contributed by atoms with E-state index >= 15 is 0 Å². The monoisotopic (exact) mass is 339 g/mol. The Bertz CT molecular complexity index is 889. The first-order valence-corrected chi connectivity index (χ1v) is 7.58. The second-order valence-corrected chi connectivity index (χ2v) is 5.43. The molecule has 1 amide bonds. The van der Waals surface area contributed by atoms with Crippen molar-refractivity contribution in [1.29, 1.82) is 0 Å². The summed E-state index contributed by atoms with van der Waals surface area (Å²) < 4.78 is 0. The number of hydrogen-bond donors (Lipinski definition) is 2. The second-order valence-electron chi connectivity index (χ2n) is 5.02. The van der Waals surface area contributed by atoms with Crippen LogP contribution in [-0.2, 0) is 0 Å². The van der Waals surface area contributed by atoms with Crippen molar-refractivity contribution >= 4 is 23.2 Å². The van der Waals surface area contributed by atoms with Gasteiger partial charge in [0.15, 0.2) is 0 Å². The molecule has 0 aliphatic heterocycles. The van der Waals surface area contributed by atoms with Gasteiger partial charge in [0.05, 0.1) is 16.4 Å². The first-order valence-electron chi connectivity index (χ1n) is 7.20. The van der Waals surface area contributed by atoms with Gasteiger partial charge < -0.3 is 0 Å². The maximum Gasteiger partial charge on any atom is 0.289 e. The van der Waals surface area contributed by atoms with Gasteiger partial charge in [-0.1, -0.05) is 29.8 Å². The zero-order valence-corrected chi connectivity index (χ0v) is 13.6. The molecule has 0 saturated carbocycles. The van der Waals surface area contributed by atoms with Crippen LogP contribution in [-0.4, -0.2) is 26.8 Å². The molecule has 7 heteroatoms. The van der Waals surface area contributed by atoms with E-state index in [1.807, 2.05) is 30.3 Å². The molecule has 0 radical (unpaired) electrons. The Hall–Kier alpha value is -2.99. The number of aromatic amines is 1. The van der Waals surface area contributed by atoms with Crippen molar-refractivity contribution < 1.29 is 4.79 Å². The van der Waals surface area contributed by atoms with E-state index in [0.717, 1.165) is 11.1 Å². The Kier molecular flexibility index (Phi) is 4.67. The fourth-order valence-electron chi connectivity index (χ4n) is 2.10. The first-order chi connectivity index (χ1) is 11.6. The van der Waals surface area contributed by atoms with Crippen molar-refractivity contribution in [2.45, 2.75) is 6.92 Å². The molecule has 3 rings (SSSR count). The van der Waals surface area contributed by atoms with E-state index in [0.29, 0.717) is 22.1 Å². The van der Waals surface area contributed by atoms with Crippen molar-refractivity contribution in [3.63, 3.8) is 0 Å². The lowest BCUT2D eigenvalue weighted by Crippen LogP contribution is -2.19. The summed E-state index contributed by atoms with van der Waals surface area (Å²) >= 11 is 6.14. The van der Waals surface area contributed by atoms with Gasteiger partial charge in [0.25, 0.3) is 5.91 Å². The van der Waals surface area contributed by atoms with E-state index in [9.17, 15) is 4.79 Å². The summed E-state index contributed by atoms with van der Waals surface area (Å²) in [5.74, 6) is -0.380. The quantitative estimate of drug-likeness (QED) is 0.565. The van der Waals surface area contributed by atoms with Crippen LogP contribution in [0.4, 0.5) is 0 Å². The minimum absolute atomic E-state index is 0.302. The van der Waals surface area contributed by atoms with E-state index in [4.69, 9.17) is 11.6 Å². The number of hydrogen-bond acceptors (Lipinski definition) is 4. The van der Waals surface area contributed by atoms with Crippen molar-refractivity contribution in [1.82, 2.24) is 20.6 Å². The lowest BCUT2D eigenvalue weighted by Gasteiger charge is -2.01. The highest BCUT2D eigenvalue weighted by molar-refractivity contribution is 6.33. The molecule has 24 heavy (non-hydrogen) atoms. The van der Waals surface area contributed by atoms with Crippen LogP contribution in [0.15, 0.2) is 60.0 Å². The number of aromatic nitrogens is 3. The molecule has 0 spiro atoms. The molecule has 1 aromatic carbocycles.